The quantitative estimate of drug-likeness (QED) is 0.646. The molecule has 0 atom stereocenters. The molecule has 0 N–H and O–H groups in total. The predicted octanol–water partition coefficient (Wildman–Crippen LogP) is -0.267. The van der Waals surface area contributed by atoms with E-state index in [1.807, 2.05) is 21.1 Å². The van der Waals surface area contributed by atoms with Gasteiger partial charge in [0.2, 0.25) is 5.95 Å². The zero-order valence-corrected chi connectivity index (χ0v) is 9.22. The summed E-state index contributed by atoms with van der Waals surface area (Å²) < 4.78 is 3.24. The lowest BCUT2D eigenvalue weighted by Crippen LogP contribution is -2.26. The van der Waals surface area contributed by atoms with Crippen molar-refractivity contribution in [3.8, 4) is 0 Å². The highest BCUT2D eigenvalue weighted by Gasteiger charge is 2.12. The average molecular weight is 207 g/mol. The van der Waals surface area contributed by atoms with E-state index in [4.69, 9.17) is 0 Å². The summed E-state index contributed by atoms with van der Waals surface area (Å²) in [6.45, 7) is 0. The smallest absolute Gasteiger partial charge is 0.282 e. The zero-order valence-electron chi connectivity index (χ0n) is 9.22. The molecule has 0 spiro atoms. The molecule has 80 valence electrons. The fourth-order valence-electron chi connectivity index (χ4n) is 1.53. The maximum absolute atomic E-state index is 11.9. The second-order valence-corrected chi connectivity index (χ2v) is 3.70. The van der Waals surface area contributed by atoms with Gasteiger partial charge in [0.15, 0.2) is 11.2 Å². The van der Waals surface area contributed by atoms with Crippen LogP contribution in [0.3, 0.4) is 0 Å². The standard InChI is InChI=1S/C9H13N5O/c1-12(2)9-11-7-6(8(15)14(9)4)10-5-13(7)3/h5H,1-4H3. The van der Waals surface area contributed by atoms with Crippen molar-refractivity contribution in [3.63, 3.8) is 0 Å². The van der Waals surface area contributed by atoms with Gasteiger partial charge in [-0.15, -0.1) is 0 Å². The molecule has 2 rings (SSSR count). The summed E-state index contributed by atoms with van der Waals surface area (Å²) in [4.78, 5) is 22.1. The van der Waals surface area contributed by atoms with E-state index >= 15 is 0 Å². The van der Waals surface area contributed by atoms with E-state index < -0.39 is 0 Å². The molecule has 2 heterocycles. The van der Waals surface area contributed by atoms with Gasteiger partial charge in [-0.25, -0.2) is 4.98 Å². The summed E-state index contributed by atoms with van der Waals surface area (Å²) >= 11 is 0. The molecule has 15 heavy (non-hydrogen) atoms. The summed E-state index contributed by atoms with van der Waals surface area (Å²) in [5, 5.41) is 0. The highest BCUT2D eigenvalue weighted by atomic mass is 16.1. The van der Waals surface area contributed by atoms with Gasteiger partial charge in [0.1, 0.15) is 0 Å². The van der Waals surface area contributed by atoms with Crippen molar-refractivity contribution >= 4 is 17.1 Å². The monoisotopic (exact) mass is 207 g/mol. The Morgan fingerprint density at radius 1 is 1.33 bits per heavy atom. The van der Waals surface area contributed by atoms with Crippen LogP contribution in [0.4, 0.5) is 5.95 Å². The minimum atomic E-state index is -0.121. The van der Waals surface area contributed by atoms with Crippen LogP contribution in [0.1, 0.15) is 0 Å². The lowest BCUT2D eigenvalue weighted by atomic mass is 10.5. The van der Waals surface area contributed by atoms with Gasteiger partial charge in [-0.1, -0.05) is 0 Å². The van der Waals surface area contributed by atoms with Crippen LogP contribution in [0.15, 0.2) is 11.1 Å². The van der Waals surface area contributed by atoms with Crippen LogP contribution < -0.4 is 10.5 Å². The highest BCUT2D eigenvalue weighted by molar-refractivity contribution is 5.71. The lowest BCUT2D eigenvalue weighted by molar-refractivity contribution is 0.802. The first kappa shape index (κ1) is 9.70. The van der Waals surface area contributed by atoms with Crippen molar-refractivity contribution in [2.45, 2.75) is 0 Å². The SMILES string of the molecule is CN(C)c1nc2c(ncn2C)c(=O)n1C. The molecule has 0 bridgehead atoms. The molecule has 0 amide bonds. The molecular weight excluding hydrogens is 194 g/mol. The van der Waals surface area contributed by atoms with Crippen molar-refractivity contribution in [2.24, 2.45) is 14.1 Å². The van der Waals surface area contributed by atoms with E-state index in [9.17, 15) is 4.79 Å². The van der Waals surface area contributed by atoms with E-state index in [-0.39, 0.29) is 5.56 Å². The number of nitrogens with zero attached hydrogens (tertiary/aromatic N) is 5. The van der Waals surface area contributed by atoms with Gasteiger partial charge in [-0.05, 0) is 0 Å². The second-order valence-electron chi connectivity index (χ2n) is 3.70. The number of fused-ring (bicyclic) bond motifs is 1. The molecule has 0 unspecified atom stereocenters. The molecule has 0 aliphatic rings. The van der Waals surface area contributed by atoms with Crippen LogP contribution in [0.25, 0.3) is 11.2 Å². The third-order valence-electron chi connectivity index (χ3n) is 2.32. The van der Waals surface area contributed by atoms with E-state index in [1.165, 1.54) is 4.57 Å². The molecule has 0 fully saturated rings. The number of imidazole rings is 1. The number of aryl methyl sites for hydroxylation is 1. The largest absolute Gasteiger partial charge is 0.348 e. The molecule has 0 aliphatic heterocycles. The van der Waals surface area contributed by atoms with E-state index in [0.29, 0.717) is 17.1 Å². The fraction of sp³-hybridized carbons (Fsp3) is 0.444. The van der Waals surface area contributed by atoms with E-state index in [0.717, 1.165) is 0 Å². The summed E-state index contributed by atoms with van der Waals surface area (Å²) in [6, 6.07) is 0. The van der Waals surface area contributed by atoms with E-state index in [2.05, 4.69) is 9.97 Å². The molecule has 6 heteroatoms. The molecule has 0 radical (unpaired) electrons. The number of anilines is 1. The molecular formula is C9H13N5O. The minimum Gasteiger partial charge on any atom is -0.348 e. The highest BCUT2D eigenvalue weighted by Crippen LogP contribution is 2.09. The molecule has 6 nitrogen and oxygen atoms in total. The molecule has 0 aliphatic carbocycles. The number of rotatable bonds is 1. The van der Waals surface area contributed by atoms with Crippen molar-refractivity contribution in [1.82, 2.24) is 19.1 Å². The topological polar surface area (TPSA) is 56.0 Å². The van der Waals surface area contributed by atoms with Crippen LogP contribution in [0.2, 0.25) is 0 Å². The van der Waals surface area contributed by atoms with Gasteiger partial charge >= 0.3 is 0 Å². The van der Waals surface area contributed by atoms with Crippen molar-refractivity contribution in [3.05, 3.63) is 16.7 Å². The summed E-state index contributed by atoms with van der Waals surface area (Å²) in [5.41, 5.74) is 0.900. The van der Waals surface area contributed by atoms with Gasteiger partial charge in [0.05, 0.1) is 6.33 Å². The first-order chi connectivity index (χ1) is 7.02. The number of hydrogen-bond donors (Lipinski definition) is 0. The Bertz CT molecular complexity index is 566. The van der Waals surface area contributed by atoms with Crippen molar-refractivity contribution < 1.29 is 0 Å². The molecule has 0 saturated heterocycles. The summed E-state index contributed by atoms with van der Waals surface area (Å²) in [5.74, 6) is 0.621. The second kappa shape index (κ2) is 3.08. The molecule has 2 aromatic heterocycles. The Kier molecular flexibility index (Phi) is 1.99. The Labute approximate surface area is 86.8 Å². The normalized spacial score (nSPS) is 10.9. The zero-order chi connectivity index (χ0) is 11.2. The molecule has 0 aromatic carbocycles. The van der Waals surface area contributed by atoms with Gasteiger partial charge in [-0.3, -0.25) is 9.36 Å². The van der Waals surface area contributed by atoms with Crippen LogP contribution >= 0.6 is 0 Å². The van der Waals surface area contributed by atoms with Crippen LogP contribution in [0, 0.1) is 0 Å². The minimum absolute atomic E-state index is 0.121. The van der Waals surface area contributed by atoms with Gasteiger partial charge < -0.3 is 9.47 Å². The van der Waals surface area contributed by atoms with Gasteiger partial charge in [-0.2, -0.15) is 4.98 Å². The third kappa shape index (κ3) is 1.29. The number of hydrogen-bond acceptors (Lipinski definition) is 4. The Morgan fingerprint density at radius 2 is 2.00 bits per heavy atom. The van der Waals surface area contributed by atoms with Gasteiger partial charge in [0.25, 0.3) is 5.56 Å². The molecule has 0 saturated carbocycles. The van der Waals surface area contributed by atoms with Crippen LogP contribution in [-0.2, 0) is 14.1 Å². The fourth-order valence-corrected chi connectivity index (χ4v) is 1.53. The number of aromatic nitrogens is 4. The van der Waals surface area contributed by atoms with Gasteiger partial charge in [0, 0.05) is 28.2 Å². The Morgan fingerprint density at radius 3 is 2.60 bits per heavy atom. The summed E-state index contributed by atoms with van der Waals surface area (Å²) in [7, 11) is 7.22. The predicted molar refractivity (Wildman–Crippen MR) is 58.1 cm³/mol. The maximum Gasteiger partial charge on any atom is 0.282 e. The maximum atomic E-state index is 11.9. The van der Waals surface area contributed by atoms with Crippen molar-refractivity contribution in [1.29, 1.82) is 0 Å². The summed E-state index contributed by atoms with van der Waals surface area (Å²) in [6.07, 6.45) is 1.60. The Balaban J connectivity index is 2.91. The molecule has 2 aromatic rings. The first-order valence-electron chi connectivity index (χ1n) is 4.57. The third-order valence-corrected chi connectivity index (χ3v) is 2.32. The Hall–Kier alpha value is -1.85. The average Bonchev–Trinajstić information content (AvgIpc) is 2.53. The van der Waals surface area contributed by atoms with E-state index in [1.54, 1.807) is 22.8 Å². The van der Waals surface area contributed by atoms with Crippen molar-refractivity contribution in [2.75, 3.05) is 19.0 Å². The lowest BCUT2D eigenvalue weighted by Gasteiger charge is -2.14. The van der Waals surface area contributed by atoms with Crippen LogP contribution in [-0.4, -0.2) is 33.2 Å². The first-order valence-corrected chi connectivity index (χ1v) is 4.57. The van der Waals surface area contributed by atoms with Crippen LogP contribution in [0.5, 0.6) is 0 Å².